The molecule has 4 nitrogen and oxygen atoms in total. The highest BCUT2D eigenvalue weighted by Gasteiger charge is 2.32. The van der Waals surface area contributed by atoms with E-state index < -0.39 is 23.9 Å². The summed E-state index contributed by atoms with van der Waals surface area (Å²) in [6, 6.07) is 3.78. The highest BCUT2D eigenvalue weighted by Crippen LogP contribution is 2.22. The number of hydrogen-bond donors (Lipinski definition) is 0. The Hall–Kier alpha value is -1.91. The molecule has 90 valence electrons. The van der Waals surface area contributed by atoms with Gasteiger partial charge in [-0.05, 0) is 30.7 Å². The molecule has 17 heavy (non-hydrogen) atoms. The van der Waals surface area contributed by atoms with E-state index in [9.17, 15) is 14.0 Å². The highest BCUT2D eigenvalue weighted by atomic mass is 19.1. The number of cyclic esters (lactones) is 1. The van der Waals surface area contributed by atoms with Gasteiger partial charge in [0, 0.05) is 6.42 Å². The Kier molecular flexibility index (Phi) is 3.08. The summed E-state index contributed by atoms with van der Waals surface area (Å²) in [6.07, 6.45) is -0.825. The second-order valence-corrected chi connectivity index (χ2v) is 3.65. The minimum atomic E-state index is -0.975. The van der Waals surface area contributed by atoms with Crippen molar-refractivity contribution in [3.8, 4) is 0 Å². The van der Waals surface area contributed by atoms with Crippen molar-refractivity contribution in [3.05, 3.63) is 35.1 Å². The molecule has 1 aliphatic rings. The maximum Gasteiger partial charge on any atom is 0.347 e. The summed E-state index contributed by atoms with van der Waals surface area (Å²) in [7, 11) is 0. The average molecular weight is 238 g/mol. The van der Waals surface area contributed by atoms with Crippen molar-refractivity contribution in [1.29, 1.82) is 0 Å². The summed E-state index contributed by atoms with van der Waals surface area (Å²) in [5.74, 6) is -1.67. The van der Waals surface area contributed by atoms with Crippen LogP contribution in [-0.2, 0) is 20.7 Å². The van der Waals surface area contributed by atoms with Crippen LogP contribution in [0.1, 0.15) is 22.8 Å². The van der Waals surface area contributed by atoms with E-state index in [2.05, 4.69) is 0 Å². The van der Waals surface area contributed by atoms with Crippen LogP contribution in [0.2, 0.25) is 0 Å². The molecule has 0 spiro atoms. The SMILES string of the molecule is CCOC(=O)C1Cc2cc(F)ccc2C(=O)O1. The number of hydrogen-bond acceptors (Lipinski definition) is 4. The van der Waals surface area contributed by atoms with Crippen LogP contribution in [0.5, 0.6) is 0 Å². The molecule has 1 unspecified atom stereocenters. The van der Waals surface area contributed by atoms with E-state index in [1.165, 1.54) is 18.2 Å². The maximum absolute atomic E-state index is 13.0. The quantitative estimate of drug-likeness (QED) is 0.732. The van der Waals surface area contributed by atoms with Crippen molar-refractivity contribution in [2.24, 2.45) is 0 Å². The van der Waals surface area contributed by atoms with Crippen molar-refractivity contribution in [3.63, 3.8) is 0 Å². The van der Waals surface area contributed by atoms with E-state index in [1.54, 1.807) is 6.92 Å². The third kappa shape index (κ3) is 2.27. The maximum atomic E-state index is 13.0. The van der Waals surface area contributed by atoms with Crippen LogP contribution in [0, 0.1) is 5.82 Å². The molecule has 1 aromatic rings. The number of carbonyl (C=O) groups excluding carboxylic acids is 2. The number of fused-ring (bicyclic) bond motifs is 1. The number of esters is 2. The Labute approximate surface area is 97.3 Å². The predicted molar refractivity (Wildman–Crippen MR) is 55.9 cm³/mol. The Morgan fingerprint density at radius 3 is 3.06 bits per heavy atom. The lowest BCUT2D eigenvalue weighted by Gasteiger charge is -2.22. The molecule has 5 heteroatoms. The predicted octanol–water partition coefficient (Wildman–Crippen LogP) is 1.47. The first-order chi connectivity index (χ1) is 8.11. The smallest absolute Gasteiger partial charge is 0.347 e. The Balaban J connectivity index is 2.26. The zero-order chi connectivity index (χ0) is 12.4. The summed E-state index contributed by atoms with van der Waals surface area (Å²) in [6.45, 7) is 1.87. The second-order valence-electron chi connectivity index (χ2n) is 3.65. The fourth-order valence-electron chi connectivity index (χ4n) is 1.73. The summed E-state index contributed by atoms with van der Waals surface area (Å²) in [4.78, 5) is 23.0. The number of carbonyl (C=O) groups is 2. The van der Waals surface area contributed by atoms with Crippen molar-refractivity contribution in [1.82, 2.24) is 0 Å². The van der Waals surface area contributed by atoms with Gasteiger partial charge in [-0.1, -0.05) is 0 Å². The summed E-state index contributed by atoms with van der Waals surface area (Å²) in [5, 5.41) is 0. The molecule has 0 aliphatic carbocycles. The van der Waals surface area contributed by atoms with Gasteiger partial charge in [-0.15, -0.1) is 0 Å². The molecule has 1 heterocycles. The normalized spacial score (nSPS) is 18.2. The molecule has 2 rings (SSSR count). The van der Waals surface area contributed by atoms with Crippen LogP contribution in [-0.4, -0.2) is 24.6 Å². The molecule has 0 bridgehead atoms. The number of benzene rings is 1. The van der Waals surface area contributed by atoms with E-state index in [-0.39, 0.29) is 13.0 Å². The number of halogens is 1. The van der Waals surface area contributed by atoms with Gasteiger partial charge in [-0.2, -0.15) is 0 Å². The first kappa shape index (κ1) is 11.6. The van der Waals surface area contributed by atoms with Gasteiger partial charge in [0.2, 0.25) is 6.10 Å². The molecule has 0 aromatic heterocycles. The van der Waals surface area contributed by atoms with E-state index in [1.807, 2.05) is 0 Å². The van der Waals surface area contributed by atoms with Gasteiger partial charge in [0.1, 0.15) is 5.82 Å². The standard InChI is InChI=1S/C12H11FO4/c1-2-16-12(15)10-6-7-5-8(13)3-4-9(7)11(14)17-10/h3-5,10H,2,6H2,1H3. The van der Waals surface area contributed by atoms with Crippen molar-refractivity contribution in [2.45, 2.75) is 19.4 Å². The molecule has 1 aliphatic heterocycles. The molecule has 0 saturated carbocycles. The van der Waals surface area contributed by atoms with E-state index in [4.69, 9.17) is 9.47 Å². The molecule has 1 atom stereocenters. The van der Waals surface area contributed by atoms with Gasteiger partial charge >= 0.3 is 11.9 Å². The lowest BCUT2D eigenvalue weighted by molar-refractivity contribution is -0.153. The molecule has 1 aromatic carbocycles. The van der Waals surface area contributed by atoms with Crippen LogP contribution >= 0.6 is 0 Å². The number of ether oxygens (including phenoxy) is 2. The average Bonchev–Trinajstić information content (AvgIpc) is 2.28. The minimum Gasteiger partial charge on any atom is -0.463 e. The molecule has 0 N–H and O–H groups in total. The van der Waals surface area contributed by atoms with E-state index >= 15 is 0 Å². The number of rotatable bonds is 2. The molecule has 0 saturated heterocycles. The minimum absolute atomic E-state index is 0.150. The third-order valence-corrected chi connectivity index (χ3v) is 2.49. The third-order valence-electron chi connectivity index (χ3n) is 2.49. The van der Waals surface area contributed by atoms with Crippen LogP contribution in [0.15, 0.2) is 18.2 Å². The lowest BCUT2D eigenvalue weighted by Crippen LogP contribution is -2.35. The Morgan fingerprint density at radius 1 is 1.59 bits per heavy atom. The molecular weight excluding hydrogens is 227 g/mol. The summed E-state index contributed by atoms with van der Waals surface area (Å²) in [5.41, 5.74) is 0.770. The van der Waals surface area contributed by atoms with Gasteiger partial charge in [0.15, 0.2) is 0 Å². The second kappa shape index (κ2) is 4.53. The van der Waals surface area contributed by atoms with Crippen molar-refractivity contribution >= 4 is 11.9 Å². The fraction of sp³-hybridized carbons (Fsp3) is 0.333. The monoisotopic (exact) mass is 238 g/mol. The fourth-order valence-corrected chi connectivity index (χ4v) is 1.73. The van der Waals surface area contributed by atoms with Crippen LogP contribution in [0.25, 0.3) is 0 Å². The summed E-state index contributed by atoms with van der Waals surface area (Å²) >= 11 is 0. The molecule has 0 amide bonds. The van der Waals surface area contributed by atoms with Gasteiger partial charge in [0.05, 0.1) is 12.2 Å². The van der Waals surface area contributed by atoms with Crippen molar-refractivity contribution in [2.75, 3.05) is 6.61 Å². The topological polar surface area (TPSA) is 52.6 Å². The Bertz CT molecular complexity index is 470. The van der Waals surface area contributed by atoms with Gasteiger partial charge < -0.3 is 9.47 Å². The first-order valence-electron chi connectivity index (χ1n) is 5.28. The van der Waals surface area contributed by atoms with Gasteiger partial charge in [-0.3, -0.25) is 0 Å². The Morgan fingerprint density at radius 2 is 2.35 bits per heavy atom. The van der Waals surface area contributed by atoms with Crippen LogP contribution < -0.4 is 0 Å². The zero-order valence-electron chi connectivity index (χ0n) is 9.23. The highest BCUT2D eigenvalue weighted by molar-refractivity contribution is 5.94. The van der Waals surface area contributed by atoms with Gasteiger partial charge in [0.25, 0.3) is 0 Å². The zero-order valence-corrected chi connectivity index (χ0v) is 9.23. The first-order valence-corrected chi connectivity index (χ1v) is 5.28. The molecule has 0 radical (unpaired) electrons. The van der Waals surface area contributed by atoms with Gasteiger partial charge in [-0.25, -0.2) is 14.0 Å². The molecular formula is C12H11FO4. The van der Waals surface area contributed by atoms with E-state index in [0.29, 0.717) is 11.1 Å². The largest absolute Gasteiger partial charge is 0.463 e. The van der Waals surface area contributed by atoms with E-state index in [0.717, 1.165) is 0 Å². The van der Waals surface area contributed by atoms with Crippen LogP contribution in [0.3, 0.4) is 0 Å². The lowest BCUT2D eigenvalue weighted by atomic mass is 9.98. The van der Waals surface area contributed by atoms with Crippen molar-refractivity contribution < 1.29 is 23.5 Å². The summed E-state index contributed by atoms with van der Waals surface area (Å²) < 4.78 is 22.7. The van der Waals surface area contributed by atoms with Crippen LogP contribution in [0.4, 0.5) is 4.39 Å². The molecule has 0 fully saturated rings.